The first-order chi connectivity index (χ1) is 18.5. The Balaban J connectivity index is 1.20. The summed E-state index contributed by atoms with van der Waals surface area (Å²) in [6, 6.07) is 16.0. The molecule has 7 rings (SSSR count). The summed E-state index contributed by atoms with van der Waals surface area (Å²) in [5.41, 5.74) is 5.78. The maximum Gasteiger partial charge on any atom is 0.235 e. The van der Waals surface area contributed by atoms with Crippen LogP contribution in [-0.2, 0) is 21.5 Å². The highest BCUT2D eigenvalue weighted by atomic mass is 16.2. The van der Waals surface area contributed by atoms with Crippen molar-refractivity contribution in [2.75, 3.05) is 18.4 Å². The quantitative estimate of drug-likeness (QED) is 0.400. The second-order valence-corrected chi connectivity index (χ2v) is 9.98. The molecule has 0 radical (unpaired) electrons. The largest absolute Gasteiger partial charge is 0.343 e. The topological polar surface area (TPSA) is 119 Å². The van der Waals surface area contributed by atoms with E-state index in [9.17, 15) is 9.59 Å². The Bertz CT molecular complexity index is 1750. The van der Waals surface area contributed by atoms with Crippen LogP contribution in [0.5, 0.6) is 0 Å². The predicted octanol–water partition coefficient (Wildman–Crippen LogP) is 3.32. The van der Waals surface area contributed by atoms with E-state index in [1.807, 2.05) is 47.4 Å². The standard InChI is InChI=1S/C28H24N8O2/c1-17(37)35-11-8-28(9-12-35)21-6-5-20(14-23(21)32-27(28)38)24-15-30-25-26(31-24)36(34-33-25)16-18-4-7-22-19(13-18)3-2-10-29-22/h2-7,10,13-15H,8-9,11-12,16H2,1H3,(H,32,38). The van der Waals surface area contributed by atoms with Gasteiger partial charge in [-0.3, -0.25) is 14.6 Å². The number of benzene rings is 2. The van der Waals surface area contributed by atoms with Crippen LogP contribution in [0.4, 0.5) is 5.69 Å². The van der Waals surface area contributed by atoms with Crippen LogP contribution in [0.3, 0.4) is 0 Å². The molecule has 0 bridgehead atoms. The molecule has 10 nitrogen and oxygen atoms in total. The molecule has 0 atom stereocenters. The lowest BCUT2D eigenvalue weighted by Gasteiger charge is -2.37. The van der Waals surface area contributed by atoms with Crippen molar-refractivity contribution in [2.45, 2.75) is 31.7 Å². The van der Waals surface area contributed by atoms with Crippen molar-refractivity contribution in [3.63, 3.8) is 0 Å². The van der Waals surface area contributed by atoms with Gasteiger partial charge >= 0.3 is 0 Å². The normalized spacial score (nSPS) is 16.2. The average Bonchev–Trinajstić information content (AvgIpc) is 3.46. The van der Waals surface area contributed by atoms with Crippen LogP contribution < -0.4 is 5.32 Å². The number of piperidine rings is 1. The number of anilines is 1. The number of aromatic nitrogens is 6. The van der Waals surface area contributed by atoms with Crippen molar-refractivity contribution < 1.29 is 9.59 Å². The first-order valence-electron chi connectivity index (χ1n) is 12.6. The third-order valence-corrected chi connectivity index (χ3v) is 7.80. The summed E-state index contributed by atoms with van der Waals surface area (Å²) in [7, 11) is 0. The molecule has 2 aliphatic rings. The number of hydrogen-bond acceptors (Lipinski definition) is 7. The van der Waals surface area contributed by atoms with Crippen molar-refractivity contribution in [3.8, 4) is 11.3 Å². The van der Waals surface area contributed by atoms with Gasteiger partial charge in [-0.15, -0.1) is 5.10 Å². The van der Waals surface area contributed by atoms with Crippen molar-refractivity contribution in [1.82, 2.24) is 34.8 Å². The number of carbonyl (C=O) groups excluding carboxylic acids is 2. The van der Waals surface area contributed by atoms with Crippen LogP contribution in [0.2, 0.25) is 0 Å². The van der Waals surface area contributed by atoms with Gasteiger partial charge in [-0.2, -0.15) is 0 Å². The average molecular weight is 505 g/mol. The molecular formula is C28H24N8O2. The summed E-state index contributed by atoms with van der Waals surface area (Å²) < 4.78 is 1.75. The summed E-state index contributed by atoms with van der Waals surface area (Å²) >= 11 is 0. The molecule has 0 aliphatic carbocycles. The molecule has 188 valence electrons. The molecule has 10 heteroatoms. The first kappa shape index (κ1) is 22.5. The van der Waals surface area contributed by atoms with Crippen LogP contribution in [0.25, 0.3) is 33.5 Å². The zero-order valence-electron chi connectivity index (χ0n) is 20.8. The third kappa shape index (κ3) is 3.52. The molecule has 2 amide bonds. The summed E-state index contributed by atoms with van der Waals surface area (Å²) in [6.45, 7) is 3.23. The highest BCUT2D eigenvalue weighted by molar-refractivity contribution is 6.07. The summed E-state index contributed by atoms with van der Waals surface area (Å²) in [4.78, 5) is 40.4. The smallest absolute Gasteiger partial charge is 0.235 e. The number of nitrogens with one attached hydrogen (secondary N) is 1. The predicted molar refractivity (Wildman–Crippen MR) is 141 cm³/mol. The number of rotatable bonds is 3. The summed E-state index contributed by atoms with van der Waals surface area (Å²) in [5, 5.41) is 12.6. The fraction of sp³-hybridized carbons (Fsp3) is 0.250. The minimum Gasteiger partial charge on any atom is -0.343 e. The zero-order chi connectivity index (χ0) is 25.9. The van der Waals surface area contributed by atoms with E-state index >= 15 is 0 Å². The summed E-state index contributed by atoms with van der Waals surface area (Å²) in [6.07, 6.45) is 4.70. The van der Waals surface area contributed by atoms with Crippen molar-refractivity contribution in [2.24, 2.45) is 0 Å². The van der Waals surface area contributed by atoms with Gasteiger partial charge in [-0.25, -0.2) is 14.6 Å². The van der Waals surface area contributed by atoms with E-state index in [2.05, 4.69) is 31.7 Å². The molecule has 2 aromatic carbocycles. The van der Waals surface area contributed by atoms with Gasteiger partial charge in [0.15, 0.2) is 5.65 Å². The van der Waals surface area contributed by atoms with E-state index in [4.69, 9.17) is 4.98 Å². The Morgan fingerprint density at radius 2 is 1.95 bits per heavy atom. The van der Waals surface area contributed by atoms with E-state index in [0.29, 0.717) is 49.5 Å². The number of likely N-dealkylation sites (tertiary alicyclic amines) is 1. The minimum absolute atomic E-state index is 0.00208. The van der Waals surface area contributed by atoms with Gasteiger partial charge in [-0.05, 0) is 48.2 Å². The molecule has 1 N–H and O–H groups in total. The Morgan fingerprint density at radius 3 is 2.79 bits per heavy atom. The van der Waals surface area contributed by atoms with Crippen molar-refractivity contribution in [3.05, 3.63) is 72.1 Å². The number of amides is 2. The molecule has 1 saturated heterocycles. The van der Waals surface area contributed by atoms with E-state index < -0.39 is 5.41 Å². The zero-order valence-corrected chi connectivity index (χ0v) is 20.8. The fourth-order valence-electron chi connectivity index (χ4n) is 5.69. The Morgan fingerprint density at radius 1 is 1.08 bits per heavy atom. The fourth-order valence-corrected chi connectivity index (χ4v) is 5.69. The number of carbonyl (C=O) groups is 2. The molecule has 1 fully saturated rings. The van der Waals surface area contributed by atoms with Gasteiger partial charge < -0.3 is 10.2 Å². The van der Waals surface area contributed by atoms with Gasteiger partial charge in [0.25, 0.3) is 0 Å². The lowest BCUT2D eigenvalue weighted by atomic mass is 9.73. The monoisotopic (exact) mass is 504 g/mol. The van der Waals surface area contributed by atoms with E-state index in [-0.39, 0.29) is 11.8 Å². The van der Waals surface area contributed by atoms with E-state index in [1.54, 1.807) is 24.0 Å². The van der Waals surface area contributed by atoms with Crippen LogP contribution >= 0.6 is 0 Å². The highest BCUT2D eigenvalue weighted by Crippen LogP contribution is 2.46. The van der Waals surface area contributed by atoms with Crippen LogP contribution in [0.15, 0.2) is 60.9 Å². The molecule has 38 heavy (non-hydrogen) atoms. The Kier molecular flexibility index (Phi) is 4.97. The van der Waals surface area contributed by atoms with Crippen LogP contribution in [0.1, 0.15) is 30.9 Å². The molecule has 1 spiro atoms. The third-order valence-electron chi connectivity index (χ3n) is 7.80. The molecule has 0 unspecified atom stereocenters. The van der Waals surface area contributed by atoms with Gasteiger partial charge in [0.05, 0.1) is 29.4 Å². The molecule has 3 aromatic heterocycles. The second kappa shape index (κ2) is 8.41. The van der Waals surface area contributed by atoms with Gasteiger partial charge in [0.2, 0.25) is 17.5 Å². The molecule has 5 aromatic rings. The lowest BCUT2D eigenvalue weighted by molar-refractivity contribution is -0.133. The van der Waals surface area contributed by atoms with Crippen LogP contribution in [0, 0.1) is 0 Å². The first-order valence-corrected chi connectivity index (χ1v) is 12.6. The molecular weight excluding hydrogens is 480 g/mol. The minimum atomic E-state index is -0.590. The second-order valence-electron chi connectivity index (χ2n) is 9.98. The maximum absolute atomic E-state index is 13.1. The van der Waals surface area contributed by atoms with Gasteiger partial charge in [0.1, 0.15) is 0 Å². The van der Waals surface area contributed by atoms with Gasteiger partial charge in [0, 0.05) is 42.8 Å². The Labute approximate surface area is 217 Å². The number of fused-ring (bicyclic) bond motifs is 4. The van der Waals surface area contributed by atoms with Crippen LogP contribution in [-0.4, -0.2) is 59.7 Å². The highest BCUT2D eigenvalue weighted by Gasteiger charge is 2.48. The summed E-state index contributed by atoms with van der Waals surface area (Å²) in [5.74, 6) is 0.0522. The Hall–Kier alpha value is -4.73. The van der Waals surface area contributed by atoms with Crippen molar-refractivity contribution >= 4 is 39.7 Å². The number of nitrogens with zero attached hydrogens (tertiary/aromatic N) is 7. The number of pyridine rings is 1. The SMILES string of the molecule is CC(=O)N1CCC2(CC1)C(=O)Nc1cc(-c3cnc4nnn(Cc5ccc6ncccc6c5)c4n3)ccc12. The molecule has 0 saturated carbocycles. The van der Waals surface area contributed by atoms with Gasteiger partial charge in [-0.1, -0.05) is 29.5 Å². The van der Waals surface area contributed by atoms with Crippen molar-refractivity contribution in [1.29, 1.82) is 0 Å². The van der Waals surface area contributed by atoms with E-state index in [0.717, 1.165) is 33.3 Å². The van der Waals surface area contributed by atoms with E-state index in [1.165, 1.54) is 0 Å². The number of hydrogen-bond donors (Lipinski definition) is 1. The maximum atomic E-state index is 13.1. The molecule has 2 aliphatic heterocycles. The lowest BCUT2D eigenvalue weighted by Crippen LogP contribution is -2.47. The molecule has 5 heterocycles.